The summed E-state index contributed by atoms with van der Waals surface area (Å²) in [5.74, 6) is -0.381. The molecule has 0 saturated heterocycles. The third-order valence-electron chi connectivity index (χ3n) is 5.53. The average molecular weight is 439 g/mol. The number of ether oxygens (including phenoxy) is 1. The summed E-state index contributed by atoms with van der Waals surface area (Å²) in [6, 6.07) is 14.5. The first kappa shape index (κ1) is 21.5. The number of hydrogen-bond donors (Lipinski definition) is 1. The number of amides is 1. The first-order chi connectivity index (χ1) is 15.2. The van der Waals surface area contributed by atoms with Crippen LogP contribution in [-0.2, 0) is 0 Å². The second-order valence-corrected chi connectivity index (χ2v) is 7.96. The first-order valence-electron chi connectivity index (χ1n) is 10.1. The Bertz CT molecular complexity index is 1200. The summed E-state index contributed by atoms with van der Waals surface area (Å²) in [5.41, 5.74) is 3.30. The van der Waals surface area contributed by atoms with Crippen LogP contribution in [0.15, 0.2) is 54.7 Å². The van der Waals surface area contributed by atoms with E-state index in [2.05, 4.69) is 16.1 Å². The van der Waals surface area contributed by atoms with Gasteiger partial charge in [0.15, 0.2) is 0 Å². The Morgan fingerprint density at radius 1 is 1.16 bits per heavy atom. The smallest absolute Gasteiger partial charge is 0.406 e. The molecule has 0 aliphatic carbocycles. The molecular weight excluding hydrogens is 419 g/mol. The van der Waals surface area contributed by atoms with Gasteiger partial charge in [-0.2, -0.15) is 5.26 Å². The van der Waals surface area contributed by atoms with Crippen LogP contribution >= 0.6 is 0 Å². The Balaban J connectivity index is 1.94. The summed E-state index contributed by atoms with van der Waals surface area (Å²) in [4.78, 5) is 12.9. The van der Waals surface area contributed by atoms with E-state index in [1.165, 1.54) is 18.2 Å². The van der Waals surface area contributed by atoms with Crippen molar-refractivity contribution >= 4 is 5.91 Å². The van der Waals surface area contributed by atoms with Gasteiger partial charge < -0.3 is 14.6 Å². The minimum absolute atomic E-state index is 0.0109. The van der Waals surface area contributed by atoms with Crippen LogP contribution < -0.4 is 10.1 Å². The fourth-order valence-electron chi connectivity index (χ4n) is 4.04. The molecule has 5 nitrogen and oxygen atoms in total. The van der Waals surface area contributed by atoms with Gasteiger partial charge in [0.1, 0.15) is 11.4 Å². The van der Waals surface area contributed by atoms with E-state index in [1.807, 2.05) is 24.6 Å². The number of rotatable bonds is 4. The number of hydrogen-bond acceptors (Lipinski definition) is 3. The fraction of sp³-hybridized carbons (Fsp3) is 0.250. The standard InChI is InChI=1S/C24H20F3N3O2/c1-14(2)20-12-29-23(31)22-21(16-8-6-15(11-28)7-9-16)19(13-30(20)22)17-4-3-5-18(10-17)32-24(25,26)27/h3-10,13-14,20H,12H2,1-2H3,(H,29,31)/t20-/m1/s1. The Morgan fingerprint density at radius 2 is 1.88 bits per heavy atom. The van der Waals surface area contributed by atoms with E-state index in [0.717, 1.165) is 0 Å². The van der Waals surface area contributed by atoms with E-state index >= 15 is 0 Å². The average Bonchev–Trinajstić information content (AvgIpc) is 3.14. The normalized spacial score (nSPS) is 15.8. The molecule has 8 heteroatoms. The maximum Gasteiger partial charge on any atom is 0.573 e. The van der Waals surface area contributed by atoms with Gasteiger partial charge >= 0.3 is 6.36 Å². The summed E-state index contributed by atoms with van der Waals surface area (Å²) >= 11 is 0. The van der Waals surface area contributed by atoms with Crippen molar-refractivity contribution in [1.29, 1.82) is 5.26 Å². The fourth-order valence-corrected chi connectivity index (χ4v) is 4.04. The van der Waals surface area contributed by atoms with Gasteiger partial charge in [-0.05, 0) is 41.3 Å². The molecule has 0 spiro atoms. The van der Waals surface area contributed by atoms with Gasteiger partial charge in [-0.25, -0.2) is 0 Å². The molecule has 1 amide bonds. The molecule has 4 rings (SSSR count). The number of nitrogens with zero attached hydrogens (tertiary/aromatic N) is 2. The van der Waals surface area contributed by atoms with Crippen molar-refractivity contribution < 1.29 is 22.7 Å². The maximum atomic E-state index is 12.9. The number of halogens is 3. The Labute approximate surface area is 183 Å². The highest BCUT2D eigenvalue weighted by Gasteiger charge is 2.33. The summed E-state index contributed by atoms with van der Waals surface area (Å²) in [5, 5.41) is 12.0. The predicted octanol–water partition coefficient (Wildman–Crippen LogP) is 5.53. The molecule has 0 fully saturated rings. The third kappa shape index (κ3) is 4.06. The first-order valence-corrected chi connectivity index (χ1v) is 10.1. The molecular formula is C24H20F3N3O2. The van der Waals surface area contributed by atoms with Crippen molar-refractivity contribution in [2.75, 3.05) is 6.54 Å². The molecule has 1 aliphatic rings. The van der Waals surface area contributed by atoms with Gasteiger partial charge in [0.05, 0.1) is 17.7 Å². The van der Waals surface area contributed by atoms with Crippen LogP contribution in [0, 0.1) is 17.2 Å². The molecule has 1 aliphatic heterocycles. The minimum atomic E-state index is -4.81. The second-order valence-electron chi connectivity index (χ2n) is 7.96. The van der Waals surface area contributed by atoms with E-state index < -0.39 is 6.36 Å². The Morgan fingerprint density at radius 3 is 2.50 bits per heavy atom. The van der Waals surface area contributed by atoms with Crippen molar-refractivity contribution in [3.8, 4) is 34.1 Å². The number of nitriles is 1. The van der Waals surface area contributed by atoms with Crippen LogP contribution in [0.1, 0.15) is 35.9 Å². The lowest BCUT2D eigenvalue weighted by Gasteiger charge is -2.30. The molecule has 0 bridgehead atoms. The molecule has 2 heterocycles. The lowest BCUT2D eigenvalue weighted by molar-refractivity contribution is -0.274. The molecule has 0 unspecified atom stereocenters. The number of carbonyl (C=O) groups excluding carboxylic acids is 1. The SMILES string of the molecule is CC(C)[C@H]1CNC(=O)c2c(-c3ccc(C#N)cc3)c(-c3cccc(OC(F)(F)F)c3)cn21. The number of alkyl halides is 3. The highest BCUT2D eigenvalue weighted by Crippen LogP contribution is 2.41. The molecule has 164 valence electrons. The molecule has 0 saturated carbocycles. The number of aromatic nitrogens is 1. The summed E-state index contributed by atoms with van der Waals surface area (Å²) in [6.45, 7) is 4.55. The number of fused-ring (bicyclic) bond motifs is 1. The molecule has 1 atom stereocenters. The van der Waals surface area contributed by atoms with E-state index in [0.29, 0.717) is 40.1 Å². The highest BCUT2D eigenvalue weighted by molar-refractivity contribution is 6.05. The molecule has 0 radical (unpaired) electrons. The molecule has 3 aromatic rings. The van der Waals surface area contributed by atoms with Crippen molar-refractivity contribution in [1.82, 2.24) is 9.88 Å². The Kier molecular flexibility index (Phi) is 5.43. The van der Waals surface area contributed by atoms with Crippen LogP contribution in [0.3, 0.4) is 0 Å². The molecule has 32 heavy (non-hydrogen) atoms. The van der Waals surface area contributed by atoms with Crippen molar-refractivity contribution in [3.05, 3.63) is 66.0 Å². The van der Waals surface area contributed by atoms with Crippen LogP contribution in [0.5, 0.6) is 5.75 Å². The predicted molar refractivity (Wildman–Crippen MR) is 113 cm³/mol. The van der Waals surface area contributed by atoms with Gasteiger partial charge in [-0.3, -0.25) is 4.79 Å². The van der Waals surface area contributed by atoms with Crippen LogP contribution in [0.4, 0.5) is 13.2 Å². The van der Waals surface area contributed by atoms with Gasteiger partial charge in [0.25, 0.3) is 5.91 Å². The lowest BCUT2D eigenvalue weighted by Crippen LogP contribution is -2.40. The van der Waals surface area contributed by atoms with E-state index in [1.54, 1.807) is 30.3 Å². The highest BCUT2D eigenvalue weighted by atomic mass is 19.4. The molecule has 1 N–H and O–H groups in total. The number of benzene rings is 2. The topological polar surface area (TPSA) is 67.1 Å². The molecule has 2 aromatic carbocycles. The number of carbonyl (C=O) groups is 1. The zero-order valence-electron chi connectivity index (χ0n) is 17.4. The summed E-state index contributed by atoms with van der Waals surface area (Å²) in [6.07, 6.45) is -2.99. The number of nitrogens with one attached hydrogen (secondary N) is 1. The van der Waals surface area contributed by atoms with Crippen molar-refractivity contribution in [3.63, 3.8) is 0 Å². The summed E-state index contributed by atoms with van der Waals surface area (Å²) in [7, 11) is 0. The maximum absolute atomic E-state index is 12.9. The van der Waals surface area contributed by atoms with Crippen LogP contribution in [-0.4, -0.2) is 23.4 Å². The van der Waals surface area contributed by atoms with Gasteiger partial charge in [-0.15, -0.1) is 13.2 Å². The summed E-state index contributed by atoms with van der Waals surface area (Å²) < 4.78 is 44.3. The second kappa shape index (κ2) is 8.08. The third-order valence-corrected chi connectivity index (χ3v) is 5.53. The monoisotopic (exact) mass is 439 g/mol. The van der Waals surface area contributed by atoms with Gasteiger partial charge in [0.2, 0.25) is 0 Å². The van der Waals surface area contributed by atoms with Crippen LogP contribution in [0.25, 0.3) is 22.3 Å². The van der Waals surface area contributed by atoms with Crippen LogP contribution in [0.2, 0.25) is 0 Å². The zero-order chi connectivity index (χ0) is 23.0. The van der Waals surface area contributed by atoms with E-state index in [9.17, 15) is 18.0 Å². The lowest BCUT2D eigenvalue weighted by atomic mass is 9.95. The zero-order valence-corrected chi connectivity index (χ0v) is 17.4. The minimum Gasteiger partial charge on any atom is -0.406 e. The van der Waals surface area contributed by atoms with Crippen molar-refractivity contribution in [2.24, 2.45) is 5.92 Å². The van der Waals surface area contributed by atoms with Gasteiger partial charge in [-0.1, -0.05) is 38.1 Å². The Hall–Kier alpha value is -3.73. The largest absolute Gasteiger partial charge is 0.573 e. The van der Waals surface area contributed by atoms with Crippen molar-refractivity contribution in [2.45, 2.75) is 26.3 Å². The van der Waals surface area contributed by atoms with E-state index in [4.69, 9.17) is 5.26 Å². The van der Waals surface area contributed by atoms with E-state index in [-0.39, 0.29) is 23.6 Å². The molecule has 1 aromatic heterocycles. The van der Waals surface area contributed by atoms with Gasteiger partial charge in [0, 0.05) is 23.9 Å². The quantitative estimate of drug-likeness (QED) is 0.581.